The van der Waals surface area contributed by atoms with Gasteiger partial charge in [0.15, 0.2) is 0 Å². The van der Waals surface area contributed by atoms with Crippen molar-refractivity contribution in [3.63, 3.8) is 0 Å². The number of carboxylic acid groups (broad SMARTS) is 1. The first-order valence-corrected chi connectivity index (χ1v) is 6.35. The number of nitrogens with zero attached hydrogens (tertiary/aromatic N) is 1. The molecule has 6 nitrogen and oxygen atoms in total. The van der Waals surface area contributed by atoms with Gasteiger partial charge >= 0.3 is 5.97 Å². The molecule has 17 heavy (non-hydrogen) atoms. The molecule has 0 aliphatic carbocycles. The van der Waals surface area contributed by atoms with Gasteiger partial charge in [0.05, 0.1) is 11.8 Å². The van der Waals surface area contributed by atoms with E-state index in [1.807, 2.05) is 0 Å². The van der Waals surface area contributed by atoms with Crippen LogP contribution in [0.1, 0.15) is 25.7 Å². The third-order valence-corrected chi connectivity index (χ3v) is 4.17. The number of aliphatic carboxylic acids is 1. The quantitative estimate of drug-likeness (QED) is 0.370. The topological polar surface area (TPSA) is 89.9 Å². The van der Waals surface area contributed by atoms with Crippen LogP contribution in [0.4, 0.5) is 0 Å². The predicted octanol–water partition coefficient (Wildman–Crippen LogP) is 0.737. The second kappa shape index (κ2) is 5.07. The lowest BCUT2D eigenvalue weighted by Gasteiger charge is -2.33. The van der Waals surface area contributed by atoms with E-state index in [0.29, 0.717) is 19.4 Å². The summed E-state index contributed by atoms with van der Waals surface area (Å²) in [5.41, 5.74) is 2.22. The van der Waals surface area contributed by atoms with Crippen LogP contribution in [0, 0.1) is 0 Å². The molecule has 94 valence electrons. The number of β-lactam (4-membered cyclic amide) rings is 1. The number of allylic oxidation sites excluding steroid dienone is 1. The van der Waals surface area contributed by atoms with E-state index in [4.69, 9.17) is 10.3 Å². The van der Waals surface area contributed by atoms with Crippen molar-refractivity contribution in [2.45, 2.75) is 31.1 Å². The molecule has 2 aliphatic heterocycles. The molecule has 1 fully saturated rings. The number of hydroxylamine groups is 1. The zero-order chi connectivity index (χ0) is 12.4. The van der Waals surface area contributed by atoms with Gasteiger partial charge in [-0.25, -0.2) is 10.3 Å². The van der Waals surface area contributed by atoms with E-state index >= 15 is 0 Å². The summed E-state index contributed by atoms with van der Waals surface area (Å²) in [5, 5.41) is 17.5. The van der Waals surface area contributed by atoms with Gasteiger partial charge in [-0.15, -0.1) is 11.8 Å². The largest absolute Gasteiger partial charge is 0.477 e. The summed E-state index contributed by atoms with van der Waals surface area (Å²) in [6.07, 6.45) is 2.64. The molecule has 1 saturated heterocycles. The highest BCUT2D eigenvalue weighted by molar-refractivity contribution is 8.04. The molecule has 0 aromatic carbocycles. The summed E-state index contributed by atoms with van der Waals surface area (Å²) in [6.45, 7) is 0.492. The molecular formula is C10H14N2O4S. The van der Waals surface area contributed by atoms with E-state index in [9.17, 15) is 9.59 Å². The van der Waals surface area contributed by atoms with Crippen molar-refractivity contribution in [1.29, 1.82) is 0 Å². The normalized spacial score (nSPS) is 22.8. The van der Waals surface area contributed by atoms with Crippen molar-refractivity contribution in [1.82, 2.24) is 10.4 Å². The molecule has 0 saturated carbocycles. The summed E-state index contributed by atoms with van der Waals surface area (Å²) in [5.74, 6) is -1.13. The Morgan fingerprint density at radius 3 is 2.88 bits per heavy atom. The Morgan fingerprint density at radius 1 is 1.53 bits per heavy atom. The zero-order valence-corrected chi connectivity index (χ0v) is 10.00. The predicted molar refractivity (Wildman–Crippen MR) is 61.1 cm³/mol. The Labute approximate surface area is 103 Å². The molecule has 0 aromatic heterocycles. The fourth-order valence-corrected chi connectivity index (χ4v) is 3.44. The van der Waals surface area contributed by atoms with Crippen molar-refractivity contribution in [3.05, 3.63) is 10.6 Å². The maximum Gasteiger partial charge on any atom is 0.353 e. The van der Waals surface area contributed by atoms with Crippen LogP contribution in [-0.4, -0.2) is 39.0 Å². The average Bonchev–Trinajstić information content (AvgIpc) is 2.57. The van der Waals surface area contributed by atoms with Gasteiger partial charge in [-0.05, 0) is 19.3 Å². The molecule has 1 amide bonds. The van der Waals surface area contributed by atoms with E-state index in [2.05, 4.69) is 5.48 Å². The van der Waals surface area contributed by atoms with Crippen molar-refractivity contribution in [3.8, 4) is 0 Å². The lowest BCUT2D eigenvalue weighted by atomic mass is 10.1. The molecule has 2 heterocycles. The first-order chi connectivity index (χ1) is 8.15. The molecule has 3 N–H and O–H groups in total. The standard InChI is InChI=1S/C10H14N2O4S/c13-7-5-8-12(7)9(10(14)15)6(17-8)3-1-2-4-11-16/h8,11,16H,1-5H2,(H,14,15)/t8-/m0/s1. The number of fused-ring (bicyclic) bond motifs is 1. The highest BCUT2D eigenvalue weighted by atomic mass is 32.2. The van der Waals surface area contributed by atoms with Gasteiger partial charge in [-0.2, -0.15) is 0 Å². The minimum atomic E-state index is -1.02. The van der Waals surface area contributed by atoms with E-state index in [0.717, 1.165) is 17.7 Å². The number of hydrogen-bond acceptors (Lipinski definition) is 5. The third-order valence-electron chi connectivity index (χ3n) is 2.83. The van der Waals surface area contributed by atoms with Crippen LogP contribution in [0.2, 0.25) is 0 Å². The summed E-state index contributed by atoms with van der Waals surface area (Å²) in [6, 6.07) is 0. The van der Waals surface area contributed by atoms with E-state index in [1.165, 1.54) is 16.7 Å². The second-order valence-corrected chi connectivity index (χ2v) is 5.26. The number of carbonyl (C=O) groups excluding carboxylic acids is 1. The van der Waals surface area contributed by atoms with Crippen LogP contribution in [0.5, 0.6) is 0 Å². The number of carboxylic acids is 1. The van der Waals surface area contributed by atoms with Crippen LogP contribution in [0.3, 0.4) is 0 Å². The zero-order valence-electron chi connectivity index (χ0n) is 9.18. The molecule has 2 rings (SSSR count). The number of unbranched alkanes of at least 4 members (excludes halogenated alkanes) is 1. The van der Waals surface area contributed by atoms with Crippen molar-refractivity contribution < 1.29 is 19.9 Å². The van der Waals surface area contributed by atoms with E-state index in [1.54, 1.807) is 0 Å². The van der Waals surface area contributed by atoms with Crippen molar-refractivity contribution in [2.75, 3.05) is 6.54 Å². The monoisotopic (exact) mass is 258 g/mol. The fourth-order valence-electron chi connectivity index (χ4n) is 1.99. The number of nitrogens with one attached hydrogen (secondary N) is 1. The average molecular weight is 258 g/mol. The lowest BCUT2D eigenvalue weighted by Crippen LogP contribution is -2.48. The maximum atomic E-state index is 11.3. The summed E-state index contributed by atoms with van der Waals surface area (Å²) < 4.78 is 0. The minimum Gasteiger partial charge on any atom is -0.477 e. The SMILES string of the molecule is O=C(O)C1=C(CCCCNO)S[C@H]2CC(=O)N12. The van der Waals surface area contributed by atoms with Gasteiger partial charge in [-0.3, -0.25) is 9.69 Å². The Kier molecular flexibility index (Phi) is 3.70. The first-order valence-electron chi connectivity index (χ1n) is 5.47. The maximum absolute atomic E-state index is 11.3. The second-order valence-electron chi connectivity index (χ2n) is 3.98. The Balaban J connectivity index is 1.99. The van der Waals surface area contributed by atoms with Gasteiger partial charge in [0.1, 0.15) is 5.70 Å². The van der Waals surface area contributed by atoms with Gasteiger partial charge in [-0.1, -0.05) is 0 Å². The van der Waals surface area contributed by atoms with Gasteiger partial charge in [0.2, 0.25) is 5.91 Å². The molecule has 0 bridgehead atoms. The Hall–Kier alpha value is -1.05. The van der Waals surface area contributed by atoms with Crippen LogP contribution in [-0.2, 0) is 9.59 Å². The highest BCUT2D eigenvalue weighted by Gasteiger charge is 2.47. The molecule has 0 unspecified atom stereocenters. The number of thioether (sulfide) groups is 1. The molecule has 0 aromatic rings. The Bertz CT molecular complexity index is 383. The third kappa shape index (κ3) is 2.31. The summed E-state index contributed by atoms with van der Waals surface area (Å²) in [7, 11) is 0. The Morgan fingerprint density at radius 2 is 2.29 bits per heavy atom. The van der Waals surface area contributed by atoms with Crippen molar-refractivity contribution >= 4 is 23.6 Å². The molecule has 0 spiro atoms. The lowest BCUT2D eigenvalue weighted by molar-refractivity contribution is -0.145. The first kappa shape index (κ1) is 12.4. The molecule has 1 atom stereocenters. The number of carbonyl (C=O) groups is 2. The number of rotatable bonds is 6. The highest BCUT2D eigenvalue weighted by Crippen LogP contribution is 2.47. The summed E-state index contributed by atoms with van der Waals surface area (Å²) in [4.78, 5) is 24.6. The van der Waals surface area contributed by atoms with E-state index in [-0.39, 0.29) is 17.0 Å². The van der Waals surface area contributed by atoms with Crippen LogP contribution >= 0.6 is 11.8 Å². The fraction of sp³-hybridized carbons (Fsp3) is 0.600. The molecule has 2 aliphatic rings. The van der Waals surface area contributed by atoms with Gasteiger partial charge in [0, 0.05) is 11.4 Å². The molecule has 7 heteroatoms. The van der Waals surface area contributed by atoms with Crippen LogP contribution in [0.25, 0.3) is 0 Å². The number of amides is 1. The van der Waals surface area contributed by atoms with Gasteiger partial charge < -0.3 is 10.3 Å². The summed E-state index contributed by atoms with van der Waals surface area (Å²) >= 11 is 1.48. The van der Waals surface area contributed by atoms with Crippen molar-refractivity contribution in [2.24, 2.45) is 0 Å². The van der Waals surface area contributed by atoms with Crippen LogP contribution in [0.15, 0.2) is 10.6 Å². The molecule has 0 radical (unpaired) electrons. The van der Waals surface area contributed by atoms with Crippen LogP contribution < -0.4 is 5.48 Å². The van der Waals surface area contributed by atoms with Gasteiger partial charge in [0.25, 0.3) is 0 Å². The minimum absolute atomic E-state index is 0.000401. The molecular weight excluding hydrogens is 244 g/mol. The smallest absolute Gasteiger partial charge is 0.353 e. The number of hydrogen-bond donors (Lipinski definition) is 3. The van der Waals surface area contributed by atoms with E-state index < -0.39 is 5.97 Å².